The molecule has 0 N–H and O–H groups in total. The van der Waals surface area contributed by atoms with Gasteiger partial charge in [0.15, 0.2) is 0 Å². The molecular weight excluding hydrogens is 421 g/mol. The predicted octanol–water partition coefficient (Wildman–Crippen LogP) is 6.51. The van der Waals surface area contributed by atoms with Crippen LogP contribution in [0.3, 0.4) is 0 Å². The molecule has 1 fully saturated rings. The lowest BCUT2D eigenvalue weighted by Gasteiger charge is -2.32. The van der Waals surface area contributed by atoms with Crippen molar-refractivity contribution in [2.24, 2.45) is 5.92 Å². The molecule has 4 rings (SSSR count). The van der Waals surface area contributed by atoms with Gasteiger partial charge in [-0.15, -0.1) is 11.8 Å². The first-order valence-corrected chi connectivity index (χ1v) is 12.3. The number of halogens is 1. The summed E-state index contributed by atoms with van der Waals surface area (Å²) in [6.07, 6.45) is 4.21. The van der Waals surface area contributed by atoms with Gasteiger partial charge in [0.05, 0.1) is 13.7 Å². The van der Waals surface area contributed by atoms with Gasteiger partial charge in [-0.25, -0.2) is 4.39 Å². The van der Waals surface area contributed by atoms with Gasteiger partial charge in [0.1, 0.15) is 17.3 Å². The summed E-state index contributed by atoms with van der Waals surface area (Å²) in [5, 5.41) is 0. The topological polar surface area (TPSA) is 21.7 Å². The third kappa shape index (κ3) is 5.84. The van der Waals surface area contributed by atoms with Crippen molar-refractivity contribution >= 4 is 11.8 Å². The average molecular weight is 452 g/mol. The maximum Gasteiger partial charge on any atom is 0.127 e. The van der Waals surface area contributed by atoms with E-state index in [9.17, 15) is 4.39 Å². The Kier molecular flexibility index (Phi) is 7.72. The molecule has 0 bridgehead atoms. The molecule has 0 atom stereocenters. The van der Waals surface area contributed by atoms with E-state index in [0.29, 0.717) is 23.8 Å². The van der Waals surface area contributed by atoms with E-state index in [1.807, 2.05) is 0 Å². The van der Waals surface area contributed by atoms with Crippen molar-refractivity contribution < 1.29 is 13.9 Å². The third-order valence-electron chi connectivity index (χ3n) is 6.12. The molecule has 0 saturated carbocycles. The van der Waals surface area contributed by atoms with E-state index in [-0.39, 0.29) is 5.82 Å². The highest BCUT2D eigenvalue weighted by atomic mass is 32.2. The minimum absolute atomic E-state index is 0.167. The lowest BCUT2D eigenvalue weighted by Crippen LogP contribution is -2.35. The standard InChI is InChI=1S/C27H30FNO2S/c1-30-25-9-12-27(28)23(17-25)18-29-15-13-20(14-16-29)19-31-24-7-3-21(4-8-24)22-5-10-26(32-2)11-6-22/h3-12,17,20H,13-16,18-19H2,1-2H3. The largest absolute Gasteiger partial charge is 0.497 e. The van der Waals surface area contributed by atoms with Gasteiger partial charge in [-0.1, -0.05) is 24.3 Å². The van der Waals surface area contributed by atoms with Crippen LogP contribution in [0.15, 0.2) is 71.6 Å². The molecule has 32 heavy (non-hydrogen) atoms. The smallest absolute Gasteiger partial charge is 0.127 e. The maximum atomic E-state index is 14.1. The molecule has 168 valence electrons. The van der Waals surface area contributed by atoms with Crippen molar-refractivity contribution in [2.75, 3.05) is 33.1 Å². The molecule has 1 heterocycles. The van der Waals surface area contributed by atoms with Gasteiger partial charge in [-0.3, -0.25) is 4.90 Å². The van der Waals surface area contributed by atoms with E-state index >= 15 is 0 Å². The molecule has 0 spiro atoms. The van der Waals surface area contributed by atoms with E-state index in [1.165, 1.54) is 22.1 Å². The van der Waals surface area contributed by atoms with Crippen molar-refractivity contribution in [3.8, 4) is 22.6 Å². The van der Waals surface area contributed by atoms with E-state index in [4.69, 9.17) is 9.47 Å². The molecule has 1 aliphatic heterocycles. The van der Waals surface area contributed by atoms with Crippen molar-refractivity contribution in [1.29, 1.82) is 0 Å². The first-order chi connectivity index (χ1) is 15.6. The van der Waals surface area contributed by atoms with Crippen LogP contribution in [0.5, 0.6) is 11.5 Å². The van der Waals surface area contributed by atoms with Crippen LogP contribution in [0.4, 0.5) is 4.39 Å². The average Bonchev–Trinajstić information content (AvgIpc) is 2.85. The monoisotopic (exact) mass is 451 g/mol. The highest BCUT2D eigenvalue weighted by molar-refractivity contribution is 7.98. The number of piperidine rings is 1. The summed E-state index contributed by atoms with van der Waals surface area (Å²) < 4.78 is 25.4. The molecule has 5 heteroatoms. The Bertz CT molecular complexity index is 999. The summed E-state index contributed by atoms with van der Waals surface area (Å²) in [7, 11) is 1.61. The zero-order valence-electron chi connectivity index (χ0n) is 18.7. The number of ether oxygens (including phenoxy) is 2. The number of hydrogen-bond acceptors (Lipinski definition) is 4. The fourth-order valence-electron chi connectivity index (χ4n) is 4.09. The number of thioether (sulfide) groups is 1. The Morgan fingerprint density at radius 3 is 2.16 bits per heavy atom. The van der Waals surface area contributed by atoms with Gasteiger partial charge in [0.2, 0.25) is 0 Å². The zero-order chi connectivity index (χ0) is 22.3. The molecule has 0 unspecified atom stereocenters. The Morgan fingerprint density at radius 2 is 1.53 bits per heavy atom. The van der Waals surface area contributed by atoms with Crippen LogP contribution in [-0.2, 0) is 6.54 Å². The van der Waals surface area contributed by atoms with E-state index in [0.717, 1.165) is 38.3 Å². The molecule has 0 aliphatic carbocycles. The molecular formula is C27H30FNO2S. The maximum absolute atomic E-state index is 14.1. The van der Waals surface area contributed by atoms with Gasteiger partial charge in [0, 0.05) is 17.0 Å². The summed E-state index contributed by atoms with van der Waals surface area (Å²) in [5.74, 6) is 1.98. The zero-order valence-corrected chi connectivity index (χ0v) is 19.5. The molecule has 1 aliphatic rings. The van der Waals surface area contributed by atoms with Crippen LogP contribution in [0.2, 0.25) is 0 Å². The Morgan fingerprint density at radius 1 is 0.906 bits per heavy atom. The fourth-order valence-corrected chi connectivity index (χ4v) is 4.50. The lowest BCUT2D eigenvalue weighted by molar-refractivity contribution is 0.135. The number of likely N-dealkylation sites (tertiary alicyclic amines) is 1. The molecule has 0 radical (unpaired) electrons. The number of rotatable bonds is 8. The van der Waals surface area contributed by atoms with Gasteiger partial charge < -0.3 is 9.47 Å². The second kappa shape index (κ2) is 10.9. The van der Waals surface area contributed by atoms with Crippen molar-refractivity contribution in [3.63, 3.8) is 0 Å². The number of nitrogens with zero attached hydrogens (tertiary/aromatic N) is 1. The van der Waals surface area contributed by atoms with Crippen molar-refractivity contribution in [3.05, 3.63) is 78.1 Å². The Labute approximate surface area is 194 Å². The molecule has 3 nitrogen and oxygen atoms in total. The van der Waals surface area contributed by atoms with E-state index in [1.54, 1.807) is 31.0 Å². The van der Waals surface area contributed by atoms with Crippen LogP contribution >= 0.6 is 11.8 Å². The summed E-state index contributed by atoms with van der Waals surface area (Å²) in [6, 6.07) is 21.9. The third-order valence-corrected chi connectivity index (χ3v) is 6.86. The van der Waals surface area contributed by atoms with Crippen LogP contribution in [0.25, 0.3) is 11.1 Å². The van der Waals surface area contributed by atoms with E-state index < -0.39 is 0 Å². The molecule has 3 aromatic carbocycles. The minimum Gasteiger partial charge on any atom is -0.497 e. The summed E-state index contributed by atoms with van der Waals surface area (Å²) in [5.41, 5.74) is 3.11. The minimum atomic E-state index is -0.167. The van der Waals surface area contributed by atoms with Crippen molar-refractivity contribution in [1.82, 2.24) is 4.90 Å². The summed E-state index contributed by atoms with van der Waals surface area (Å²) in [6.45, 7) is 3.25. The SMILES string of the molecule is COc1ccc(F)c(CN2CCC(COc3ccc(-c4ccc(SC)cc4)cc3)CC2)c1. The Hall–Kier alpha value is -2.50. The number of methoxy groups -OCH3 is 1. The molecule has 0 aromatic heterocycles. The number of benzene rings is 3. The van der Waals surface area contributed by atoms with E-state index in [2.05, 4.69) is 59.7 Å². The van der Waals surface area contributed by atoms with Gasteiger partial charge in [-0.05, 0) is 91.7 Å². The summed E-state index contributed by atoms with van der Waals surface area (Å²) >= 11 is 1.75. The van der Waals surface area contributed by atoms with Crippen molar-refractivity contribution in [2.45, 2.75) is 24.3 Å². The predicted molar refractivity (Wildman–Crippen MR) is 130 cm³/mol. The Balaban J connectivity index is 1.24. The van der Waals surface area contributed by atoms with Crippen LogP contribution in [-0.4, -0.2) is 38.0 Å². The first-order valence-electron chi connectivity index (χ1n) is 11.1. The van der Waals surface area contributed by atoms with Gasteiger partial charge in [0.25, 0.3) is 0 Å². The van der Waals surface area contributed by atoms with Gasteiger partial charge in [-0.2, -0.15) is 0 Å². The number of hydrogen-bond donors (Lipinski definition) is 0. The fraction of sp³-hybridized carbons (Fsp3) is 0.333. The first kappa shape index (κ1) is 22.7. The highest BCUT2D eigenvalue weighted by Gasteiger charge is 2.21. The molecule has 1 saturated heterocycles. The molecule has 3 aromatic rings. The molecule has 0 amide bonds. The highest BCUT2D eigenvalue weighted by Crippen LogP contribution is 2.26. The van der Waals surface area contributed by atoms with Crippen LogP contribution < -0.4 is 9.47 Å². The summed E-state index contributed by atoms with van der Waals surface area (Å²) in [4.78, 5) is 3.58. The van der Waals surface area contributed by atoms with Gasteiger partial charge >= 0.3 is 0 Å². The quantitative estimate of drug-likeness (QED) is 0.364. The van der Waals surface area contributed by atoms with Crippen LogP contribution in [0.1, 0.15) is 18.4 Å². The lowest BCUT2D eigenvalue weighted by atomic mass is 9.97. The normalized spacial score (nSPS) is 15.0. The second-order valence-electron chi connectivity index (χ2n) is 8.24. The second-order valence-corrected chi connectivity index (χ2v) is 9.12. The van der Waals surface area contributed by atoms with Crippen LogP contribution in [0, 0.1) is 11.7 Å².